The molecule has 2 N–H and O–H groups in total. The fourth-order valence-electron chi connectivity index (χ4n) is 4.23. The van der Waals surface area contributed by atoms with E-state index < -0.39 is 0 Å². The number of carbonyl (C=O) groups excluding carboxylic acids is 1. The Balaban J connectivity index is 1.46. The average Bonchev–Trinajstić information content (AvgIpc) is 3.05. The number of fused-ring (bicyclic) bond motifs is 1. The molecule has 1 aliphatic heterocycles. The standard InChI is InChI=1S/C24H29FN4O/c1-16-20-12-17(14-26-23(30)13-18-15-28(2)10-11-29(18)3)8-9-22(20)27-24(16)19-6-4-5-7-21(19)25/h4-9,12,18,27H,10-11,13-15H2,1-3H3,(H,26,30)/t18-/m0/s1. The second-order valence-corrected chi connectivity index (χ2v) is 8.36. The van der Waals surface area contributed by atoms with E-state index in [1.807, 2.05) is 25.1 Å². The minimum Gasteiger partial charge on any atom is -0.354 e. The molecule has 0 bridgehead atoms. The Morgan fingerprint density at radius 3 is 2.80 bits per heavy atom. The number of aryl methyl sites for hydroxylation is 1. The maximum Gasteiger partial charge on any atom is 0.221 e. The Kier molecular flexibility index (Phi) is 5.88. The number of carbonyl (C=O) groups is 1. The molecule has 0 aliphatic carbocycles. The zero-order chi connectivity index (χ0) is 21.3. The van der Waals surface area contributed by atoms with Crippen molar-refractivity contribution in [2.24, 2.45) is 0 Å². The molecule has 0 radical (unpaired) electrons. The molecule has 6 heteroatoms. The molecule has 1 amide bonds. The van der Waals surface area contributed by atoms with E-state index in [9.17, 15) is 9.18 Å². The summed E-state index contributed by atoms with van der Waals surface area (Å²) in [6.45, 7) is 5.43. The van der Waals surface area contributed by atoms with Crippen molar-refractivity contribution in [1.82, 2.24) is 20.1 Å². The molecule has 1 aromatic heterocycles. The Hall–Kier alpha value is -2.70. The SMILES string of the molecule is Cc1c(-c2ccccc2F)[nH]c2ccc(CNC(=O)C[C@H]3CN(C)CCN3C)cc12. The quantitative estimate of drug-likeness (QED) is 0.679. The number of aromatic nitrogens is 1. The Morgan fingerprint density at radius 2 is 2.00 bits per heavy atom. The number of piperazine rings is 1. The van der Waals surface area contributed by atoms with Gasteiger partial charge in [0.25, 0.3) is 0 Å². The van der Waals surface area contributed by atoms with Crippen LogP contribution in [0.25, 0.3) is 22.2 Å². The molecule has 0 spiro atoms. The number of aromatic amines is 1. The molecule has 1 aliphatic rings. The van der Waals surface area contributed by atoms with Crippen LogP contribution >= 0.6 is 0 Å². The lowest BCUT2D eigenvalue weighted by Crippen LogP contribution is -2.51. The van der Waals surface area contributed by atoms with Crippen molar-refractivity contribution < 1.29 is 9.18 Å². The van der Waals surface area contributed by atoms with E-state index in [-0.39, 0.29) is 17.8 Å². The molecule has 2 aromatic carbocycles. The smallest absolute Gasteiger partial charge is 0.221 e. The van der Waals surface area contributed by atoms with Crippen LogP contribution in [-0.2, 0) is 11.3 Å². The fourth-order valence-corrected chi connectivity index (χ4v) is 4.23. The number of H-pyrrole nitrogens is 1. The molecule has 30 heavy (non-hydrogen) atoms. The van der Waals surface area contributed by atoms with Crippen LogP contribution in [0.15, 0.2) is 42.5 Å². The highest BCUT2D eigenvalue weighted by Crippen LogP contribution is 2.31. The number of nitrogens with zero attached hydrogens (tertiary/aromatic N) is 2. The number of hydrogen-bond donors (Lipinski definition) is 2. The molecule has 0 saturated carbocycles. The largest absolute Gasteiger partial charge is 0.354 e. The topological polar surface area (TPSA) is 51.4 Å². The number of rotatable bonds is 5. The minimum absolute atomic E-state index is 0.0695. The molecule has 1 saturated heterocycles. The van der Waals surface area contributed by atoms with Crippen LogP contribution in [0.1, 0.15) is 17.5 Å². The van der Waals surface area contributed by atoms with Gasteiger partial charge in [-0.3, -0.25) is 4.79 Å². The van der Waals surface area contributed by atoms with Crippen LogP contribution in [0.2, 0.25) is 0 Å². The zero-order valence-electron chi connectivity index (χ0n) is 17.8. The van der Waals surface area contributed by atoms with Gasteiger partial charge in [0.2, 0.25) is 5.91 Å². The van der Waals surface area contributed by atoms with Gasteiger partial charge in [-0.1, -0.05) is 18.2 Å². The van der Waals surface area contributed by atoms with Crippen LogP contribution < -0.4 is 5.32 Å². The van der Waals surface area contributed by atoms with E-state index in [1.54, 1.807) is 12.1 Å². The van der Waals surface area contributed by atoms with Gasteiger partial charge in [-0.25, -0.2) is 4.39 Å². The molecular formula is C24H29FN4O. The van der Waals surface area contributed by atoms with Gasteiger partial charge in [0.15, 0.2) is 0 Å². The second-order valence-electron chi connectivity index (χ2n) is 8.36. The van der Waals surface area contributed by atoms with Crippen molar-refractivity contribution >= 4 is 16.8 Å². The van der Waals surface area contributed by atoms with Gasteiger partial charge in [-0.2, -0.15) is 0 Å². The van der Waals surface area contributed by atoms with Gasteiger partial charge >= 0.3 is 0 Å². The summed E-state index contributed by atoms with van der Waals surface area (Å²) in [6.07, 6.45) is 0.504. The molecule has 0 unspecified atom stereocenters. The van der Waals surface area contributed by atoms with Crippen LogP contribution in [0.3, 0.4) is 0 Å². The number of amides is 1. The highest BCUT2D eigenvalue weighted by Gasteiger charge is 2.24. The predicted octanol–water partition coefficient (Wildman–Crippen LogP) is 3.53. The van der Waals surface area contributed by atoms with Gasteiger partial charge in [0.1, 0.15) is 5.82 Å². The van der Waals surface area contributed by atoms with Gasteiger partial charge in [0.05, 0.1) is 5.69 Å². The fraction of sp³-hybridized carbons (Fsp3) is 0.375. The van der Waals surface area contributed by atoms with Crippen molar-refractivity contribution in [1.29, 1.82) is 0 Å². The molecule has 1 atom stereocenters. The molecule has 1 fully saturated rings. The molecular weight excluding hydrogens is 379 g/mol. The first-order chi connectivity index (χ1) is 14.4. The number of benzene rings is 2. The van der Waals surface area contributed by atoms with Gasteiger partial charge in [-0.05, 0) is 56.4 Å². The van der Waals surface area contributed by atoms with E-state index in [1.165, 1.54) is 6.07 Å². The van der Waals surface area contributed by atoms with Crippen LogP contribution in [-0.4, -0.2) is 60.5 Å². The van der Waals surface area contributed by atoms with Crippen molar-refractivity contribution in [3.05, 3.63) is 59.4 Å². The van der Waals surface area contributed by atoms with Crippen molar-refractivity contribution in [2.75, 3.05) is 33.7 Å². The maximum atomic E-state index is 14.2. The third-order valence-corrected chi connectivity index (χ3v) is 6.16. The lowest BCUT2D eigenvalue weighted by Gasteiger charge is -2.37. The van der Waals surface area contributed by atoms with Crippen molar-refractivity contribution in [3.8, 4) is 11.3 Å². The Morgan fingerprint density at radius 1 is 1.20 bits per heavy atom. The molecule has 5 nitrogen and oxygen atoms in total. The number of hydrogen-bond acceptors (Lipinski definition) is 3. The highest BCUT2D eigenvalue weighted by molar-refractivity contribution is 5.91. The summed E-state index contributed by atoms with van der Waals surface area (Å²) in [7, 11) is 4.18. The summed E-state index contributed by atoms with van der Waals surface area (Å²) in [5, 5.41) is 4.11. The monoisotopic (exact) mass is 408 g/mol. The van der Waals surface area contributed by atoms with E-state index in [0.717, 1.165) is 47.4 Å². The molecule has 158 valence electrons. The lowest BCUT2D eigenvalue weighted by molar-refractivity contribution is -0.122. The van der Waals surface area contributed by atoms with E-state index in [0.29, 0.717) is 18.5 Å². The first kappa shape index (κ1) is 20.6. The summed E-state index contributed by atoms with van der Waals surface area (Å²) in [5.74, 6) is -0.168. The normalized spacial score (nSPS) is 18.1. The first-order valence-electron chi connectivity index (χ1n) is 10.4. The van der Waals surface area contributed by atoms with Gasteiger partial charge in [-0.15, -0.1) is 0 Å². The van der Waals surface area contributed by atoms with Gasteiger partial charge < -0.3 is 20.1 Å². The molecule has 4 rings (SSSR count). The second kappa shape index (κ2) is 8.58. The van der Waals surface area contributed by atoms with Crippen LogP contribution in [0.4, 0.5) is 4.39 Å². The Bertz CT molecular complexity index is 1060. The first-order valence-corrected chi connectivity index (χ1v) is 10.4. The Labute approximate surface area is 176 Å². The summed E-state index contributed by atoms with van der Waals surface area (Å²) >= 11 is 0. The third-order valence-electron chi connectivity index (χ3n) is 6.16. The van der Waals surface area contributed by atoms with Crippen molar-refractivity contribution in [2.45, 2.75) is 25.9 Å². The average molecular weight is 409 g/mol. The highest BCUT2D eigenvalue weighted by atomic mass is 19.1. The summed E-state index contributed by atoms with van der Waals surface area (Å²) in [6, 6.07) is 13.1. The lowest BCUT2D eigenvalue weighted by atomic mass is 10.0. The van der Waals surface area contributed by atoms with E-state index >= 15 is 0 Å². The zero-order valence-corrected chi connectivity index (χ0v) is 17.8. The van der Waals surface area contributed by atoms with E-state index in [4.69, 9.17) is 0 Å². The van der Waals surface area contributed by atoms with Crippen LogP contribution in [0.5, 0.6) is 0 Å². The number of halogens is 1. The summed E-state index contributed by atoms with van der Waals surface area (Å²) < 4.78 is 14.2. The molecule has 2 heterocycles. The molecule has 3 aromatic rings. The van der Waals surface area contributed by atoms with Crippen molar-refractivity contribution in [3.63, 3.8) is 0 Å². The third kappa shape index (κ3) is 4.25. The summed E-state index contributed by atoms with van der Waals surface area (Å²) in [5.41, 5.74) is 4.38. The minimum atomic E-state index is -0.238. The van der Waals surface area contributed by atoms with E-state index in [2.05, 4.69) is 40.3 Å². The number of likely N-dealkylation sites (N-methyl/N-ethyl adjacent to an activating group) is 2. The predicted molar refractivity (Wildman–Crippen MR) is 119 cm³/mol. The van der Waals surface area contributed by atoms with Gasteiger partial charge in [0, 0.05) is 55.1 Å². The summed E-state index contributed by atoms with van der Waals surface area (Å²) in [4.78, 5) is 20.4. The number of nitrogens with one attached hydrogen (secondary N) is 2. The maximum absolute atomic E-state index is 14.2. The van der Waals surface area contributed by atoms with Crippen LogP contribution in [0, 0.1) is 12.7 Å².